The van der Waals surface area contributed by atoms with Crippen LogP contribution in [0.1, 0.15) is 5.56 Å². The van der Waals surface area contributed by atoms with Gasteiger partial charge in [0.1, 0.15) is 0 Å². The Hall–Kier alpha value is -7.86. The van der Waals surface area contributed by atoms with E-state index in [1.807, 2.05) is 24.3 Å². The Kier molecular flexibility index (Phi) is 6.61. The summed E-state index contributed by atoms with van der Waals surface area (Å²) in [6, 6.07) is 63.5. The summed E-state index contributed by atoms with van der Waals surface area (Å²) in [5, 5.41) is 16.7. The summed E-state index contributed by atoms with van der Waals surface area (Å²) in [7, 11) is 0. The highest BCUT2D eigenvalue weighted by molar-refractivity contribution is 6.13. The average Bonchev–Trinajstić information content (AvgIpc) is 3.88. The molecule has 11 rings (SSSR count). The molecule has 3 heterocycles. The number of aromatic nitrogens is 3. The van der Waals surface area contributed by atoms with Crippen molar-refractivity contribution in [1.29, 1.82) is 5.26 Å². The average molecular weight is 700 g/mol. The molecule has 8 aromatic carbocycles. The fourth-order valence-electron chi connectivity index (χ4n) is 8.68. The largest absolute Gasteiger partial charge is 0.310 e. The lowest BCUT2D eigenvalue weighted by molar-refractivity contribution is 1.16. The highest BCUT2D eigenvalue weighted by atomic mass is 15.0. The van der Waals surface area contributed by atoms with Gasteiger partial charge in [-0.3, -0.25) is 0 Å². The molecule has 55 heavy (non-hydrogen) atoms. The molecule has 0 aliphatic rings. The van der Waals surface area contributed by atoms with Gasteiger partial charge in [-0.15, -0.1) is 0 Å². The predicted molar refractivity (Wildman–Crippen MR) is 226 cm³/mol. The van der Waals surface area contributed by atoms with Gasteiger partial charge in [-0.25, -0.2) is 4.85 Å². The molecule has 0 saturated carbocycles. The quantitative estimate of drug-likeness (QED) is 0.169. The van der Waals surface area contributed by atoms with Gasteiger partial charge in [-0.05, 0) is 90.0 Å². The van der Waals surface area contributed by atoms with Gasteiger partial charge < -0.3 is 13.7 Å². The van der Waals surface area contributed by atoms with Crippen LogP contribution in [-0.4, -0.2) is 13.7 Å². The number of benzene rings is 8. The molecule has 0 atom stereocenters. The number of rotatable bonds is 4. The monoisotopic (exact) mass is 699 g/mol. The summed E-state index contributed by atoms with van der Waals surface area (Å²) >= 11 is 0. The Morgan fingerprint density at radius 1 is 0.400 bits per heavy atom. The molecule has 0 amide bonds. The molecule has 0 radical (unpaired) electrons. The molecule has 5 heteroatoms. The van der Waals surface area contributed by atoms with E-state index < -0.39 is 0 Å². The number of hydrogen-bond acceptors (Lipinski definition) is 1. The van der Waals surface area contributed by atoms with Crippen LogP contribution in [0.3, 0.4) is 0 Å². The molecule has 3 aromatic heterocycles. The SMILES string of the molecule is [C-]#[N+]c1cc(-n2c3ccc(C#N)cc3c3ccc(-n4c5ccccc5c5ccccc54)cc32)ccc1-c1ccc(-n2c3ccccc3c3ccccc32)cc1. The van der Waals surface area contributed by atoms with Crippen molar-refractivity contribution < 1.29 is 0 Å². The van der Waals surface area contributed by atoms with Crippen molar-refractivity contribution in [2.24, 2.45) is 0 Å². The second kappa shape index (κ2) is 11.8. The molecule has 0 saturated heterocycles. The summed E-state index contributed by atoms with van der Waals surface area (Å²) in [4.78, 5) is 4.07. The van der Waals surface area contributed by atoms with Crippen LogP contribution in [0.15, 0.2) is 176 Å². The van der Waals surface area contributed by atoms with E-state index in [0.717, 1.165) is 72.1 Å². The molecule has 0 aliphatic carbocycles. The molecule has 0 aliphatic heterocycles. The lowest BCUT2D eigenvalue weighted by Gasteiger charge is -2.14. The van der Waals surface area contributed by atoms with E-state index in [2.05, 4.69) is 176 Å². The van der Waals surface area contributed by atoms with Gasteiger partial charge in [-0.1, -0.05) is 97.1 Å². The zero-order valence-corrected chi connectivity index (χ0v) is 29.5. The highest BCUT2D eigenvalue weighted by Gasteiger charge is 2.19. The van der Waals surface area contributed by atoms with Gasteiger partial charge in [0.15, 0.2) is 5.69 Å². The smallest absolute Gasteiger partial charge is 0.196 e. The number of nitrogens with zero attached hydrogens (tertiary/aromatic N) is 5. The van der Waals surface area contributed by atoms with Gasteiger partial charge in [0.2, 0.25) is 0 Å². The van der Waals surface area contributed by atoms with Crippen molar-refractivity contribution in [3.63, 3.8) is 0 Å². The van der Waals surface area contributed by atoms with Crippen molar-refractivity contribution >= 4 is 71.1 Å². The summed E-state index contributed by atoms with van der Waals surface area (Å²) in [6.07, 6.45) is 0. The van der Waals surface area contributed by atoms with Gasteiger partial charge in [-0.2, -0.15) is 5.26 Å². The van der Waals surface area contributed by atoms with Crippen molar-refractivity contribution in [2.75, 3.05) is 0 Å². The van der Waals surface area contributed by atoms with Crippen molar-refractivity contribution in [1.82, 2.24) is 13.7 Å². The van der Waals surface area contributed by atoms with E-state index in [-0.39, 0.29) is 0 Å². The van der Waals surface area contributed by atoms with Crippen molar-refractivity contribution in [2.45, 2.75) is 0 Å². The van der Waals surface area contributed by atoms with Gasteiger partial charge in [0.05, 0.1) is 51.3 Å². The molecule has 11 aromatic rings. The summed E-state index contributed by atoms with van der Waals surface area (Å²) in [5.74, 6) is 0. The Bertz CT molecular complexity index is 3350. The Balaban J connectivity index is 1.07. The van der Waals surface area contributed by atoms with Crippen LogP contribution in [0.5, 0.6) is 0 Å². The van der Waals surface area contributed by atoms with Crippen LogP contribution in [0.4, 0.5) is 5.69 Å². The van der Waals surface area contributed by atoms with Crippen molar-refractivity contribution in [3.8, 4) is 34.3 Å². The van der Waals surface area contributed by atoms with Crippen LogP contribution < -0.4 is 0 Å². The van der Waals surface area contributed by atoms with Crippen LogP contribution >= 0.6 is 0 Å². The minimum atomic E-state index is 0.573. The number of fused-ring (bicyclic) bond motifs is 9. The second-order valence-corrected chi connectivity index (χ2v) is 14.0. The first-order valence-corrected chi connectivity index (χ1v) is 18.3. The molecular formula is C50H29N5. The maximum atomic E-state index is 9.84. The molecular weight excluding hydrogens is 671 g/mol. The highest BCUT2D eigenvalue weighted by Crippen LogP contribution is 2.40. The number of nitriles is 1. The van der Waals surface area contributed by atoms with E-state index >= 15 is 0 Å². The topological polar surface area (TPSA) is 42.9 Å². The summed E-state index contributed by atoms with van der Waals surface area (Å²) in [5.41, 5.74) is 12.6. The van der Waals surface area contributed by atoms with Crippen LogP contribution in [0.25, 0.3) is 98.5 Å². The van der Waals surface area contributed by atoms with Crippen LogP contribution in [0.2, 0.25) is 0 Å². The Labute approximate surface area is 316 Å². The molecule has 254 valence electrons. The van der Waals surface area contributed by atoms with Crippen molar-refractivity contribution in [3.05, 3.63) is 193 Å². The molecule has 0 spiro atoms. The first-order chi connectivity index (χ1) is 27.2. The second-order valence-electron chi connectivity index (χ2n) is 14.0. The third kappa shape index (κ3) is 4.51. The molecule has 0 bridgehead atoms. The lowest BCUT2D eigenvalue weighted by atomic mass is 10.0. The van der Waals surface area contributed by atoms with Crippen LogP contribution in [0, 0.1) is 17.9 Å². The first kappa shape index (κ1) is 30.7. The maximum Gasteiger partial charge on any atom is 0.196 e. The van der Waals surface area contributed by atoms with E-state index in [0.29, 0.717) is 11.3 Å². The molecule has 0 N–H and O–H groups in total. The van der Waals surface area contributed by atoms with Gasteiger partial charge in [0, 0.05) is 49.4 Å². The van der Waals surface area contributed by atoms with E-state index in [4.69, 9.17) is 6.57 Å². The summed E-state index contributed by atoms with van der Waals surface area (Å²) in [6.45, 7) is 8.33. The fraction of sp³-hybridized carbons (Fsp3) is 0. The Morgan fingerprint density at radius 2 is 0.855 bits per heavy atom. The summed E-state index contributed by atoms with van der Waals surface area (Å²) < 4.78 is 6.86. The normalized spacial score (nSPS) is 11.6. The van der Waals surface area contributed by atoms with E-state index in [9.17, 15) is 5.26 Å². The first-order valence-electron chi connectivity index (χ1n) is 18.3. The van der Waals surface area contributed by atoms with Gasteiger partial charge in [0.25, 0.3) is 0 Å². The van der Waals surface area contributed by atoms with E-state index in [1.54, 1.807) is 0 Å². The number of hydrogen-bond donors (Lipinski definition) is 0. The fourth-order valence-corrected chi connectivity index (χ4v) is 8.68. The Morgan fingerprint density at radius 3 is 1.42 bits per heavy atom. The van der Waals surface area contributed by atoms with E-state index in [1.165, 1.54) is 21.5 Å². The zero-order chi connectivity index (χ0) is 36.6. The molecule has 0 unspecified atom stereocenters. The molecule has 5 nitrogen and oxygen atoms in total. The predicted octanol–water partition coefficient (Wildman–Crippen LogP) is 13.1. The third-order valence-corrected chi connectivity index (χ3v) is 11.1. The zero-order valence-electron chi connectivity index (χ0n) is 29.5. The third-order valence-electron chi connectivity index (χ3n) is 11.1. The van der Waals surface area contributed by atoms with Gasteiger partial charge >= 0.3 is 0 Å². The maximum absolute atomic E-state index is 9.84. The number of para-hydroxylation sites is 4. The van der Waals surface area contributed by atoms with Crippen LogP contribution in [-0.2, 0) is 0 Å². The minimum absolute atomic E-state index is 0.573. The standard InChI is InChI=1S/C50H29N5/c1-52-44-29-35(23-25-37(44)33-19-21-34(22-20-33)53-45-14-6-2-10-38(45)39-11-3-7-15-46(39)53)55-49-27-18-32(31-51)28-43(49)42-26-24-36(30-50(42)55)54-47-16-8-4-12-40(47)41-13-5-9-17-48(41)54/h2-30H. The molecule has 0 fully saturated rings. The lowest BCUT2D eigenvalue weighted by Crippen LogP contribution is -1.97. The minimum Gasteiger partial charge on any atom is -0.310 e.